The molecule has 0 aliphatic carbocycles. The van der Waals surface area contributed by atoms with Crippen molar-refractivity contribution >= 4 is 11.6 Å². The van der Waals surface area contributed by atoms with Crippen LogP contribution in [0, 0.1) is 0 Å². The number of amides is 1. The fourth-order valence-corrected chi connectivity index (χ4v) is 1.84. The van der Waals surface area contributed by atoms with Gasteiger partial charge in [0.15, 0.2) is 0 Å². The summed E-state index contributed by atoms with van der Waals surface area (Å²) in [7, 11) is 2.88. The molecule has 9 heteroatoms. The van der Waals surface area contributed by atoms with Gasteiger partial charge in [0.25, 0.3) is 5.91 Å². The molecule has 1 aromatic carbocycles. The zero-order chi connectivity index (χ0) is 17.0. The maximum absolute atomic E-state index is 12.3. The van der Waals surface area contributed by atoms with Crippen molar-refractivity contribution in [3.05, 3.63) is 36.2 Å². The highest BCUT2D eigenvalue weighted by molar-refractivity contribution is 6.04. The molecule has 0 fully saturated rings. The highest BCUT2D eigenvalue weighted by Gasteiger charge is 2.28. The normalized spacial score (nSPS) is 11.2. The number of alkyl halides is 3. The molecule has 1 heterocycles. The fraction of sp³-hybridized carbons (Fsp3) is 0.286. The van der Waals surface area contributed by atoms with E-state index in [9.17, 15) is 18.0 Å². The van der Waals surface area contributed by atoms with Gasteiger partial charge in [-0.2, -0.15) is 18.3 Å². The molecule has 0 aliphatic heterocycles. The van der Waals surface area contributed by atoms with Crippen LogP contribution < -0.4 is 14.8 Å². The van der Waals surface area contributed by atoms with E-state index in [1.165, 1.54) is 26.4 Å². The first kappa shape index (κ1) is 16.7. The first-order valence-electron chi connectivity index (χ1n) is 6.44. The van der Waals surface area contributed by atoms with Gasteiger partial charge in [0.2, 0.25) is 0 Å². The summed E-state index contributed by atoms with van der Waals surface area (Å²) in [6.07, 6.45) is -2.14. The van der Waals surface area contributed by atoms with E-state index < -0.39 is 18.6 Å². The van der Waals surface area contributed by atoms with Crippen molar-refractivity contribution in [1.29, 1.82) is 0 Å². The lowest BCUT2D eigenvalue weighted by atomic mass is 10.2. The summed E-state index contributed by atoms with van der Waals surface area (Å²) >= 11 is 0. The molecule has 2 rings (SSSR count). The number of nitrogens with one attached hydrogen (secondary N) is 1. The number of ether oxygens (including phenoxy) is 2. The molecule has 0 unspecified atom stereocenters. The highest BCUT2D eigenvalue weighted by atomic mass is 19.4. The minimum absolute atomic E-state index is 0.154. The number of carbonyl (C=O) groups is 1. The SMILES string of the molecule is COc1cc(OC)cc(C(=O)Nc2cnn(CC(F)(F)F)c2)c1. The van der Waals surface area contributed by atoms with Crippen LogP contribution in [-0.2, 0) is 6.54 Å². The van der Waals surface area contributed by atoms with Gasteiger partial charge in [-0.3, -0.25) is 9.48 Å². The molecule has 6 nitrogen and oxygen atoms in total. The molecule has 0 atom stereocenters. The van der Waals surface area contributed by atoms with Gasteiger partial charge in [0.05, 0.1) is 26.1 Å². The summed E-state index contributed by atoms with van der Waals surface area (Å²) in [4.78, 5) is 12.2. The highest BCUT2D eigenvalue weighted by Crippen LogP contribution is 2.23. The Labute approximate surface area is 129 Å². The first-order chi connectivity index (χ1) is 10.8. The molecular formula is C14H14F3N3O3. The van der Waals surface area contributed by atoms with Gasteiger partial charge in [0, 0.05) is 17.8 Å². The second-order valence-corrected chi connectivity index (χ2v) is 4.60. The predicted octanol–water partition coefficient (Wildman–Crippen LogP) is 2.71. The molecule has 1 amide bonds. The number of benzene rings is 1. The van der Waals surface area contributed by atoms with E-state index in [0.29, 0.717) is 16.2 Å². The Balaban J connectivity index is 2.13. The number of rotatable bonds is 5. The number of methoxy groups -OCH3 is 2. The van der Waals surface area contributed by atoms with Crippen molar-refractivity contribution in [3.8, 4) is 11.5 Å². The van der Waals surface area contributed by atoms with Gasteiger partial charge >= 0.3 is 6.18 Å². The maximum atomic E-state index is 12.3. The summed E-state index contributed by atoms with van der Waals surface area (Å²) in [5.41, 5.74) is 0.394. The summed E-state index contributed by atoms with van der Waals surface area (Å²) in [6.45, 7) is -1.23. The van der Waals surface area contributed by atoms with Crippen LogP contribution in [-0.4, -0.2) is 36.1 Å². The van der Waals surface area contributed by atoms with Crippen LogP contribution in [0.25, 0.3) is 0 Å². The third-order valence-corrected chi connectivity index (χ3v) is 2.85. The number of aromatic nitrogens is 2. The Bertz CT molecular complexity index is 676. The maximum Gasteiger partial charge on any atom is 0.408 e. The summed E-state index contributed by atoms with van der Waals surface area (Å²) in [6, 6.07) is 4.56. The molecule has 0 saturated carbocycles. The van der Waals surface area contributed by atoms with Crippen molar-refractivity contribution in [3.63, 3.8) is 0 Å². The van der Waals surface area contributed by atoms with Gasteiger partial charge in [0.1, 0.15) is 18.0 Å². The van der Waals surface area contributed by atoms with Crippen molar-refractivity contribution in [2.24, 2.45) is 0 Å². The van der Waals surface area contributed by atoms with Crippen molar-refractivity contribution < 1.29 is 27.4 Å². The average molecular weight is 329 g/mol. The molecule has 0 bridgehead atoms. The Morgan fingerprint density at radius 3 is 2.35 bits per heavy atom. The number of carbonyl (C=O) groups excluding carboxylic acids is 1. The van der Waals surface area contributed by atoms with Crippen molar-refractivity contribution in [1.82, 2.24) is 9.78 Å². The topological polar surface area (TPSA) is 65.4 Å². The first-order valence-corrected chi connectivity index (χ1v) is 6.44. The minimum atomic E-state index is -4.38. The number of hydrogen-bond donors (Lipinski definition) is 1. The third-order valence-electron chi connectivity index (χ3n) is 2.85. The summed E-state index contributed by atoms with van der Waals surface area (Å²) < 4.78 is 47.6. The van der Waals surface area contributed by atoms with Crippen LogP contribution in [0.4, 0.5) is 18.9 Å². The van der Waals surface area contributed by atoms with E-state index in [0.717, 1.165) is 12.4 Å². The third kappa shape index (κ3) is 4.63. The molecule has 0 radical (unpaired) electrons. The molecule has 1 N–H and O–H groups in total. The van der Waals surface area contributed by atoms with Gasteiger partial charge in [-0.1, -0.05) is 0 Å². The van der Waals surface area contributed by atoms with Crippen LogP contribution in [0.2, 0.25) is 0 Å². The van der Waals surface area contributed by atoms with E-state index in [1.54, 1.807) is 6.07 Å². The zero-order valence-electron chi connectivity index (χ0n) is 12.3. The van der Waals surface area contributed by atoms with Gasteiger partial charge in [-0.25, -0.2) is 0 Å². The zero-order valence-corrected chi connectivity index (χ0v) is 12.3. The Morgan fingerprint density at radius 1 is 1.22 bits per heavy atom. The van der Waals surface area contributed by atoms with E-state index in [1.807, 2.05) is 0 Å². The van der Waals surface area contributed by atoms with Crippen molar-refractivity contribution in [2.75, 3.05) is 19.5 Å². The second kappa shape index (κ2) is 6.59. The van der Waals surface area contributed by atoms with Crippen LogP contribution >= 0.6 is 0 Å². The molecule has 2 aromatic rings. The lowest BCUT2D eigenvalue weighted by molar-refractivity contribution is -0.142. The van der Waals surface area contributed by atoms with Gasteiger partial charge < -0.3 is 14.8 Å². The largest absolute Gasteiger partial charge is 0.497 e. The second-order valence-electron chi connectivity index (χ2n) is 4.60. The summed E-state index contributed by atoms with van der Waals surface area (Å²) in [5.74, 6) is 0.318. The lowest BCUT2D eigenvalue weighted by Gasteiger charge is -2.08. The molecule has 1 aromatic heterocycles. The molecule has 0 spiro atoms. The fourth-order valence-electron chi connectivity index (χ4n) is 1.84. The van der Waals surface area contributed by atoms with Crippen LogP contribution in [0.1, 0.15) is 10.4 Å². The molecule has 0 aliphatic rings. The van der Waals surface area contributed by atoms with E-state index in [4.69, 9.17) is 9.47 Å². The summed E-state index contributed by atoms with van der Waals surface area (Å²) in [5, 5.41) is 6.01. The molecule has 0 saturated heterocycles. The van der Waals surface area contributed by atoms with Crippen molar-refractivity contribution in [2.45, 2.75) is 12.7 Å². The Hall–Kier alpha value is -2.71. The van der Waals surface area contributed by atoms with E-state index in [-0.39, 0.29) is 11.3 Å². The van der Waals surface area contributed by atoms with Gasteiger partial charge in [-0.05, 0) is 12.1 Å². The number of hydrogen-bond acceptors (Lipinski definition) is 4. The smallest absolute Gasteiger partial charge is 0.408 e. The lowest BCUT2D eigenvalue weighted by Crippen LogP contribution is -2.18. The van der Waals surface area contributed by atoms with Gasteiger partial charge in [-0.15, -0.1) is 0 Å². The van der Waals surface area contributed by atoms with Crippen LogP contribution in [0.5, 0.6) is 11.5 Å². The Kier molecular flexibility index (Phi) is 4.77. The number of nitrogens with zero attached hydrogens (tertiary/aromatic N) is 2. The van der Waals surface area contributed by atoms with Crippen LogP contribution in [0.15, 0.2) is 30.6 Å². The molecule has 124 valence electrons. The standard InChI is InChI=1S/C14H14F3N3O3/c1-22-11-3-9(4-12(5-11)23-2)13(21)19-10-6-18-20(7-10)8-14(15,16)17/h3-7H,8H2,1-2H3,(H,19,21). The Morgan fingerprint density at radius 2 is 1.83 bits per heavy atom. The number of anilines is 1. The minimum Gasteiger partial charge on any atom is -0.497 e. The average Bonchev–Trinajstić information content (AvgIpc) is 2.91. The predicted molar refractivity (Wildman–Crippen MR) is 75.8 cm³/mol. The quantitative estimate of drug-likeness (QED) is 0.916. The van der Waals surface area contributed by atoms with E-state index >= 15 is 0 Å². The van der Waals surface area contributed by atoms with Crippen LogP contribution in [0.3, 0.4) is 0 Å². The number of halogens is 3. The van der Waals surface area contributed by atoms with E-state index in [2.05, 4.69) is 10.4 Å². The molecule has 23 heavy (non-hydrogen) atoms. The molecular weight excluding hydrogens is 315 g/mol. The monoisotopic (exact) mass is 329 g/mol.